The van der Waals surface area contributed by atoms with Crippen molar-refractivity contribution in [1.29, 1.82) is 0 Å². The lowest BCUT2D eigenvalue weighted by Crippen LogP contribution is -2.38. The maximum Gasteiger partial charge on any atom is 0.191 e. The van der Waals surface area contributed by atoms with Crippen LogP contribution in [0.4, 0.5) is 0 Å². The molecule has 0 spiro atoms. The second-order valence-corrected chi connectivity index (χ2v) is 6.94. The van der Waals surface area contributed by atoms with E-state index in [-0.39, 0.29) is 0 Å². The molecule has 0 saturated carbocycles. The van der Waals surface area contributed by atoms with Crippen molar-refractivity contribution in [3.63, 3.8) is 0 Å². The zero-order valence-electron chi connectivity index (χ0n) is 15.0. The maximum atomic E-state index is 4.64. The summed E-state index contributed by atoms with van der Waals surface area (Å²) in [5.41, 5.74) is 3.69. The Balaban J connectivity index is 1.89. The average Bonchev–Trinajstić information content (AvgIpc) is 3.03. The van der Waals surface area contributed by atoms with Crippen molar-refractivity contribution in [3.8, 4) is 0 Å². The fraction of sp³-hybridized carbons (Fsp3) is 0.500. The zero-order chi connectivity index (χ0) is 17.4. The van der Waals surface area contributed by atoms with E-state index in [0.717, 1.165) is 36.2 Å². The molecule has 2 aromatic rings. The number of guanidine groups is 1. The van der Waals surface area contributed by atoms with E-state index in [1.807, 2.05) is 12.4 Å². The Morgan fingerprint density at radius 2 is 2.17 bits per heavy atom. The monoisotopic (exact) mass is 345 g/mol. The molecule has 0 aliphatic heterocycles. The normalized spacial score (nSPS) is 11.8. The number of aromatic nitrogens is 2. The third-order valence-corrected chi connectivity index (χ3v) is 4.55. The molecular weight excluding hydrogens is 318 g/mol. The summed E-state index contributed by atoms with van der Waals surface area (Å²) in [7, 11) is 0. The lowest BCUT2D eigenvalue weighted by Gasteiger charge is -2.11. The minimum Gasteiger partial charge on any atom is -0.357 e. The molecule has 5 nitrogen and oxygen atoms in total. The molecule has 2 aromatic heterocycles. The smallest absolute Gasteiger partial charge is 0.191 e. The van der Waals surface area contributed by atoms with Crippen LogP contribution in [0.2, 0.25) is 0 Å². The third-order valence-electron chi connectivity index (χ3n) is 3.70. The Labute approximate surface area is 148 Å². The van der Waals surface area contributed by atoms with Gasteiger partial charge in [-0.05, 0) is 43.4 Å². The highest BCUT2D eigenvalue weighted by Crippen LogP contribution is 2.18. The van der Waals surface area contributed by atoms with Gasteiger partial charge in [-0.3, -0.25) is 4.98 Å². The largest absolute Gasteiger partial charge is 0.357 e. The highest BCUT2D eigenvalue weighted by atomic mass is 32.1. The molecule has 0 fully saturated rings. The maximum absolute atomic E-state index is 4.64. The summed E-state index contributed by atoms with van der Waals surface area (Å²) in [6, 6.07) is 2.07. The molecule has 2 heterocycles. The van der Waals surface area contributed by atoms with E-state index >= 15 is 0 Å². The Hall–Kier alpha value is -1.95. The number of thiazole rings is 1. The number of hydrogen-bond acceptors (Lipinski definition) is 4. The van der Waals surface area contributed by atoms with Gasteiger partial charge in [0.05, 0.1) is 12.2 Å². The van der Waals surface area contributed by atoms with Gasteiger partial charge in [-0.25, -0.2) is 9.98 Å². The Morgan fingerprint density at radius 1 is 1.33 bits per heavy atom. The predicted molar refractivity (Wildman–Crippen MR) is 102 cm³/mol. The van der Waals surface area contributed by atoms with Gasteiger partial charge < -0.3 is 10.6 Å². The summed E-state index contributed by atoms with van der Waals surface area (Å²) in [6.07, 6.45) is 4.70. The fourth-order valence-electron chi connectivity index (χ4n) is 2.25. The molecular formula is C18H27N5S. The van der Waals surface area contributed by atoms with Gasteiger partial charge in [-0.15, -0.1) is 11.3 Å². The van der Waals surface area contributed by atoms with Gasteiger partial charge in [-0.2, -0.15) is 0 Å². The van der Waals surface area contributed by atoms with E-state index in [2.05, 4.69) is 64.7 Å². The van der Waals surface area contributed by atoms with Crippen LogP contribution in [0, 0.1) is 6.92 Å². The second kappa shape index (κ2) is 9.37. The first-order chi connectivity index (χ1) is 11.6. The van der Waals surface area contributed by atoms with E-state index in [4.69, 9.17) is 0 Å². The summed E-state index contributed by atoms with van der Waals surface area (Å²) in [4.78, 5) is 13.4. The van der Waals surface area contributed by atoms with Gasteiger partial charge in [0, 0.05) is 30.9 Å². The topological polar surface area (TPSA) is 62.2 Å². The first kappa shape index (κ1) is 18.4. The molecule has 0 atom stereocenters. The molecule has 0 aliphatic rings. The lowest BCUT2D eigenvalue weighted by molar-refractivity contribution is 0.791. The van der Waals surface area contributed by atoms with E-state index in [1.54, 1.807) is 11.3 Å². The number of pyridine rings is 1. The number of aryl methyl sites for hydroxylation is 1. The molecule has 24 heavy (non-hydrogen) atoms. The van der Waals surface area contributed by atoms with Crippen molar-refractivity contribution in [3.05, 3.63) is 45.7 Å². The van der Waals surface area contributed by atoms with E-state index < -0.39 is 0 Å². The molecule has 0 bridgehead atoms. The predicted octanol–water partition coefficient (Wildman–Crippen LogP) is 3.27. The molecule has 0 radical (unpaired) electrons. The molecule has 0 unspecified atom stereocenters. The minimum atomic E-state index is 0.467. The highest BCUT2D eigenvalue weighted by molar-refractivity contribution is 7.09. The third kappa shape index (κ3) is 5.60. The van der Waals surface area contributed by atoms with E-state index in [1.165, 1.54) is 11.1 Å². The number of nitrogens with one attached hydrogen (secondary N) is 2. The van der Waals surface area contributed by atoms with E-state index in [9.17, 15) is 0 Å². The first-order valence-electron chi connectivity index (χ1n) is 8.46. The van der Waals surface area contributed by atoms with E-state index in [0.29, 0.717) is 12.5 Å². The first-order valence-corrected chi connectivity index (χ1v) is 9.34. The van der Waals surface area contributed by atoms with Gasteiger partial charge in [0.2, 0.25) is 0 Å². The van der Waals surface area contributed by atoms with Crippen LogP contribution < -0.4 is 10.6 Å². The summed E-state index contributed by atoms with van der Waals surface area (Å²) >= 11 is 1.68. The highest BCUT2D eigenvalue weighted by Gasteiger charge is 2.06. The van der Waals surface area contributed by atoms with Crippen molar-refractivity contribution in [1.82, 2.24) is 20.6 Å². The van der Waals surface area contributed by atoms with Crippen LogP contribution in [-0.4, -0.2) is 29.0 Å². The van der Waals surface area contributed by atoms with Gasteiger partial charge in [0.1, 0.15) is 5.01 Å². The second-order valence-electron chi connectivity index (χ2n) is 5.99. The molecule has 2 rings (SSSR count). The van der Waals surface area contributed by atoms with Crippen molar-refractivity contribution in [2.24, 2.45) is 4.99 Å². The standard InChI is InChI=1S/C18H27N5S/c1-5-20-18(21-9-7-15-6-8-19-10-14(15)4)22-11-17-23-16(12-24-17)13(2)3/h6,8,10,12-13H,5,7,9,11H2,1-4H3,(H2,20,21,22). The number of hydrogen-bond donors (Lipinski definition) is 2. The lowest BCUT2D eigenvalue weighted by atomic mass is 10.1. The van der Waals surface area contributed by atoms with Crippen LogP contribution in [0.15, 0.2) is 28.8 Å². The van der Waals surface area contributed by atoms with Crippen LogP contribution in [-0.2, 0) is 13.0 Å². The van der Waals surface area contributed by atoms with Crippen molar-refractivity contribution in [2.75, 3.05) is 13.1 Å². The van der Waals surface area contributed by atoms with Gasteiger partial charge in [0.15, 0.2) is 5.96 Å². The molecule has 0 aromatic carbocycles. The SMILES string of the molecule is CCNC(=NCc1nc(C(C)C)cs1)NCCc1ccncc1C. The summed E-state index contributed by atoms with van der Waals surface area (Å²) in [6.45, 7) is 10.8. The molecule has 0 saturated heterocycles. The van der Waals surface area contributed by atoms with Crippen LogP contribution in [0.3, 0.4) is 0 Å². The van der Waals surface area contributed by atoms with Gasteiger partial charge in [0.25, 0.3) is 0 Å². The molecule has 6 heteroatoms. The Kier molecular flexibility index (Phi) is 7.18. The van der Waals surface area contributed by atoms with Gasteiger partial charge >= 0.3 is 0 Å². The molecule has 2 N–H and O–H groups in total. The van der Waals surface area contributed by atoms with Crippen LogP contribution in [0.5, 0.6) is 0 Å². The summed E-state index contributed by atoms with van der Waals surface area (Å²) < 4.78 is 0. The molecule has 0 amide bonds. The Bertz CT molecular complexity index is 663. The Morgan fingerprint density at radius 3 is 2.83 bits per heavy atom. The number of aliphatic imine (C=N–C) groups is 1. The summed E-state index contributed by atoms with van der Waals surface area (Å²) in [5, 5.41) is 9.86. The summed E-state index contributed by atoms with van der Waals surface area (Å²) in [5.74, 6) is 1.31. The van der Waals surface area contributed by atoms with Crippen molar-refractivity contribution >= 4 is 17.3 Å². The number of rotatable bonds is 7. The number of nitrogens with zero attached hydrogens (tertiary/aromatic N) is 3. The van der Waals surface area contributed by atoms with Crippen LogP contribution in [0.1, 0.15) is 48.5 Å². The van der Waals surface area contributed by atoms with Crippen LogP contribution >= 0.6 is 11.3 Å². The van der Waals surface area contributed by atoms with Crippen molar-refractivity contribution < 1.29 is 0 Å². The van der Waals surface area contributed by atoms with Crippen molar-refractivity contribution in [2.45, 2.75) is 46.6 Å². The van der Waals surface area contributed by atoms with Crippen LogP contribution in [0.25, 0.3) is 0 Å². The molecule has 0 aliphatic carbocycles. The zero-order valence-corrected chi connectivity index (χ0v) is 15.8. The average molecular weight is 346 g/mol. The molecule has 130 valence electrons. The minimum absolute atomic E-state index is 0.467. The van der Waals surface area contributed by atoms with Gasteiger partial charge in [-0.1, -0.05) is 13.8 Å². The quantitative estimate of drug-likeness (QED) is 0.597. The fourth-order valence-corrected chi connectivity index (χ4v) is 3.13.